The van der Waals surface area contributed by atoms with E-state index in [-0.39, 0.29) is 5.41 Å². The van der Waals surface area contributed by atoms with Crippen LogP contribution in [0.15, 0.2) is 158 Å². The molecule has 7 aromatic carbocycles. The van der Waals surface area contributed by atoms with Gasteiger partial charge in [0.1, 0.15) is 0 Å². The lowest BCUT2D eigenvalue weighted by Crippen LogP contribution is -2.14. The lowest BCUT2D eigenvalue weighted by Gasteiger charge is -2.21. The highest BCUT2D eigenvalue weighted by atomic mass is 32.1. The molecule has 250 valence electrons. The third kappa shape index (κ3) is 4.51. The summed E-state index contributed by atoms with van der Waals surface area (Å²) >= 11 is 1.82. The summed E-state index contributed by atoms with van der Waals surface area (Å²) in [5, 5.41) is 4.99. The van der Waals surface area contributed by atoms with Crippen LogP contribution < -0.4 is 0 Å². The van der Waals surface area contributed by atoms with Crippen molar-refractivity contribution in [3.05, 3.63) is 169 Å². The highest BCUT2D eigenvalue weighted by molar-refractivity contribution is 7.26. The van der Waals surface area contributed by atoms with Crippen LogP contribution in [-0.4, -0.2) is 19.5 Å². The van der Waals surface area contributed by atoms with Crippen LogP contribution >= 0.6 is 11.3 Å². The maximum atomic E-state index is 5.17. The van der Waals surface area contributed by atoms with Crippen LogP contribution in [0.5, 0.6) is 0 Å². The van der Waals surface area contributed by atoms with Crippen LogP contribution in [0.1, 0.15) is 25.0 Å². The van der Waals surface area contributed by atoms with Gasteiger partial charge in [0.05, 0.1) is 16.7 Å². The fourth-order valence-corrected chi connectivity index (χ4v) is 9.66. The largest absolute Gasteiger partial charge is 0.309 e. The van der Waals surface area contributed by atoms with Gasteiger partial charge in [-0.25, -0.2) is 15.0 Å². The first kappa shape index (κ1) is 30.2. The molecular weight excluding hydrogens is 665 g/mol. The van der Waals surface area contributed by atoms with Crippen molar-refractivity contribution in [1.29, 1.82) is 0 Å². The molecule has 0 aliphatic heterocycles. The van der Waals surface area contributed by atoms with Gasteiger partial charge in [-0.05, 0) is 58.7 Å². The number of para-hydroxylation sites is 1. The third-order valence-electron chi connectivity index (χ3n) is 11.0. The van der Waals surface area contributed by atoms with Crippen LogP contribution in [0.2, 0.25) is 0 Å². The molecule has 1 aliphatic rings. The van der Waals surface area contributed by atoms with Crippen molar-refractivity contribution >= 4 is 53.3 Å². The molecule has 0 fully saturated rings. The molecule has 3 heterocycles. The van der Waals surface area contributed by atoms with Crippen molar-refractivity contribution in [2.75, 3.05) is 0 Å². The van der Waals surface area contributed by atoms with Gasteiger partial charge in [0.25, 0.3) is 0 Å². The molecule has 0 unspecified atom stereocenters. The number of thiophene rings is 1. The minimum Gasteiger partial charge on any atom is -0.309 e. The van der Waals surface area contributed by atoms with Crippen LogP contribution in [0.25, 0.3) is 93.0 Å². The van der Waals surface area contributed by atoms with E-state index in [1.807, 2.05) is 47.7 Å². The Morgan fingerprint density at radius 1 is 0.453 bits per heavy atom. The molecule has 0 amide bonds. The van der Waals surface area contributed by atoms with Gasteiger partial charge in [-0.2, -0.15) is 0 Å². The molecule has 0 spiro atoms. The molecule has 4 nitrogen and oxygen atoms in total. The SMILES string of the molecule is CC1(C)c2ccccc2-c2cc3c(cc21)c1ccccc1n3-c1cc(-c2nc(-c3ccccc3)nc(-c3ccccc3)n2)cc2sc3ccccc3c12. The van der Waals surface area contributed by atoms with Gasteiger partial charge >= 0.3 is 0 Å². The molecule has 53 heavy (non-hydrogen) atoms. The first-order chi connectivity index (χ1) is 26.0. The smallest absolute Gasteiger partial charge is 0.164 e. The normalized spacial score (nSPS) is 13.2. The Labute approximate surface area is 310 Å². The summed E-state index contributed by atoms with van der Waals surface area (Å²) in [6, 6.07) is 56.4. The van der Waals surface area contributed by atoms with E-state index in [1.165, 1.54) is 64.2 Å². The van der Waals surface area contributed by atoms with Gasteiger partial charge < -0.3 is 4.57 Å². The number of hydrogen-bond donors (Lipinski definition) is 0. The van der Waals surface area contributed by atoms with Crippen molar-refractivity contribution in [3.63, 3.8) is 0 Å². The van der Waals surface area contributed by atoms with E-state index < -0.39 is 0 Å². The maximum Gasteiger partial charge on any atom is 0.164 e. The van der Waals surface area contributed by atoms with Crippen LogP contribution in [0.3, 0.4) is 0 Å². The van der Waals surface area contributed by atoms with E-state index in [0.29, 0.717) is 17.5 Å². The van der Waals surface area contributed by atoms with E-state index in [1.54, 1.807) is 0 Å². The van der Waals surface area contributed by atoms with Gasteiger partial charge in [-0.3, -0.25) is 0 Å². The van der Waals surface area contributed by atoms with Crippen molar-refractivity contribution in [2.45, 2.75) is 19.3 Å². The second-order valence-corrected chi connectivity index (χ2v) is 15.5. The standard InChI is InChI=1S/C48H32N4S/c1-48(2)37-22-12-9-19-32(37)35-28-40-36(27-38(35)48)33-20-10-13-23-39(33)52(40)41-25-31(26-43-44(41)34-21-11-14-24-42(34)53-43)47-50-45(29-15-5-3-6-16-29)49-46(51-47)30-17-7-4-8-18-30/h3-28H,1-2H3. The van der Waals surface area contributed by atoms with Gasteiger partial charge in [-0.15, -0.1) is 11.3 Å². The minimum absolute atomic E-state index is 0.0916. The Bertz CT molecular complexity index is 3020. The molecule has 1 aliphatic carbocycles. The summed E-state index contributed by atoms with van der Waals surface area (Å²) in [6.45, 7) is 4.71. The first-order valence-corrected chi connectivity index (χ1v) is 18.9. The highest BCUT2D eigenvalue weighted by Gasteiger charge is 2.36. The fourth-order valence-electron chi connectivity index (χ4n) is 8.50. The molecule has 0 bridgehead atoms. The Kier molecular flexibility index (Phi) is 6.43. The highest BCUT2D eigenvalue weighted by Crippen LogP contribution is 2.51. The number of fused-ring (bicyclic) bond motifs is 9. The second-order valence-electron chi connectivity index (χ2n) is 14.4. The second kappa shape index (κ2) is 11.3. The molecule has 0 atom stereocenters. The van der Waals surface area contributed by atoms with Crippen molar-refractivity contribution in [2.24, 2.45) is 0 Å². The van der Waals surface area contributed by atoms with Gasteiger partial charge in [-0.1, -0.05) is 135 Å². The molecule has 0 radical (unpaired) electrons. The Morgan fingerprint density at radius 2 is 1.06 bits per heavy atom. The van der Waals surface area contributed by atoms with Crippen molar-refractivity contribution in [1.82, 2.24) is 19.5 Å². The summed E-state index contributed by atoms with van der Waals surface area (Å²) in [6.07, 6.45) is 0. The van der Waals surface area contributed by atoms with E-state index in [4.69, 9.17) is 15.0 Å². The zero-order valence-corrected chi connectivity index (χ0v) is 30.0. The van der Waals surface area contributed by atoms with Crippen LogP contribution in [-0.2, 0) is 5.41 Å². The lowest BCUT2D eigenvalue weighted by atomic mass is 9.82. The van der Waals surface area contributed by atoms with Crippen molar-refractivity contribution in [3.8, 4) is 51.0 Å². The van der Waals surface area contributed by atoms with Gasteiger partial charge in [0.2, 0.25) is 0 Å². The average molecular weight is 697 g/mol. The molecule has 0 saturated heterocycles. The number of hydrogen-bond acceptors (Lipinski definition) is 4. The maximum absolute atomic E-state index is 5.17. The summed E-state index contributed by atoms with van der Waals surface area (Å²) in [7, 11) is 0. The molecule has 3 aromatic heterocycles. The molecule has 0 N–H and O–H groups in total. The summed E-state index contributed by atoms with van der Waals surface area (Å²) in [5.74, 6) is 1.96. The van der Waals surface area contributed by atoms with Crippen LogP contribution in [0, 0.1) is 0 Å². The summed E-state index contributed by atoms with van der Waals surface area (Å²) in [4.78, 5) is 15.3. The van der Waals surface area contributed by atoms with E-state index in [2.05, 4.69) is 140 Å². The molecule has 11 rings (SSSR count). The zero-order chi connectivity index (χ0) is 35.3. The predicted octanol–water partition coefficient (Wildman–Crippen LogP) is 12.6. The van der Waals surface area contributed by atoms with Crippen molar-refractivity contribution < 1.29 is 0 Å². The minimum atomic E-state index is -0.0916. The monoisotopic (exact) mass is 696 g/mol. The number of aromatic nitrogens is 4. The average Bonchev–Trinajstić information content (AvgIpc) is 3.83. The summed E-state index contributed by atoms with van der Waals surface area (Å²) < 4.78 is 4.94. The Hall–Kier alpha value is -6.43. The predicted molar refractivity (Wildman–Crippen MR) is 221 cm³/mol. The molecule has 10 aromatic rings. The lowest BCUT2D eigenvalue weighted by molar-refractivity contribution is 0.661. The van der Waals surface area contributed by atoms with E-state index in [9.17, 15) is 0 Å². The fraction of sp³-hybridized carbons (Fsp3) is 0.0625. The van der Waals surface area contributed by atoms with E-state index >= 15 is 0 Å². The number of nitrogens with zero attached hydrogens (tertiary/aromatic N) is 4. The van der Waals surface area contributed by atoms with Gasteiger partial charge in [0.15, 0.2) is 17.5 Å². The Morgan fingerprint density at radius 3 is 1.79 bits per heavy atom. The topological polar surface area (TPSA) is 43.6 Å². The van der Waals surface area contributed by atoms with E-state index in [0.717, 1.165) is 22.4 Å². The quantitative estimate of drug-likeness (QED) is 0.184. The first-order valence-electron chi connectivity index (χ1n) is 18.0. The molecule has 0 saturated carbocycles. The number of rotatable bonds is 4. The van der Waals surface area contributed by atoms with Crippen LogP contribution in [0.4, 0.5) is 0 Å². The zero-order valence-electron chi connectivity index (χ0n) is 29.2. The Balaban J connectivity index is 1.25. The van der Waals surface area contributed by atoms with Gasteiger partial charge in [0, 0.05) is 53.1 Å². The summed E-state index contributed by atoms with van der Waals surface area (Å²) in [5.41, 5.74) is 11.6. The molecule has 5 heteroatoms. The molecular formula is C48H32N4S. The number of benzene rings is 7. The third-order valence-corrected chi connectivity index (χ3v) is 12.1.